The molecule has 0 saturated carbocycles. The molecule has 2 aromatic rings. The predicted octanol–water partition coefficient (Wildman–Crippen LogP) is 3.13. The molecule has 0 saturated heterocycles. The molecule has 0 atom stereocenters. The number of carbonyl (C=O) groups excluding carboxylic acids is 1. The summed E-state index contributed by atoms with van der Waals surface area (Å²) in [7, 11) is 1.29. The number of thiazole rings is 1. The fourth-order valence-corrected chi connectivity index (χ4v) is 2.38. The summed E-state index contributed by atoms with van der Waals surface area (Å²) >= 11 is 1.29. The first-order chi connectivity index (χ1) is 9.51. The lowest BCUT2D eigenvalue weighted by atomic mass is 10.2. The van der Waals surface area contributed by atoms with Gasteiger partial charge in [-0.1, -0.05) is 6.07 Å². The highest BCUT2D eigenvalue weighted by Crippen LogP contribution is 2.23. The highest BCUT2D eigenvalue weighted by Gasteiger charge is 2.15. The number of carbonyl (C=O) groups is 1. The minimum atomic E-state index is -0.894. The molecule has 0 fully saturated rings. The minimum Gasteiger partial charge on any atom is -0.464 e. The molecule has 1 heterocycles. The van der Waals surface area contributed by atoms with Gasteiger partial charge in [-0.15, -0.1) is 11.3 Å². The molecule has 0 aliphatic heterocycles. The quantitative estimate of drug-likeness (QED) is 0.881. The Morgan fingerprint density at radius 3 is 2.80 bits per heavy atom. The van der Waals surface area contributed by atoms with Crippen molar-refractivity contribution in [2.75, 3.05) is 12.4 Å². The summed E-state index contributed by atoms with van der Waals surface area (Å²) in [5, 5.41) is 3.48. The number of aryl methyl sites for hydroxylation is 1. The summed E-state index contributed by atoms with van der Waals surface area (Å²) in [4.78, 5) is 16.2. The Bertz CT molecular complexity index is 643. The van der Waals surface area contributed by atoms with Gasteiger partial charge in [0.15, 0.2) is 22.5 Å². The summed E-state index contributed by atoms with van der Waals surface area (Å²) in [5.41, 5.74) is 0.835. The topological polar surface area (TPSA) is 51.2 Å². The minimum absolute atomic E-state index is 0.255. The molecule has 0 radical (unpaired) electrons. The largest absolute Gasteiger partial charge is 0.464 e. The number of hydrogen-bond acceptors (Lipinski definition) is 5. The van der Waals surface area contributed by atoms with Gasteiger partial charge in [0.25, 0.3) is 0 Å². The summed E-state index contributed by atoms with van der Waals surface area (Å²) in [6.07, 6.45) is 0. The number of anilines is 1. The zero-order valence-electron chi connectivity index (χ0n) is 10.9. The Kier molecular flexibility index (Phi) is 4.29. The third kappa shape index (κ3) is 3.11. The maximum absolute atomic E-state index is 13.0. The van der Waals surface area contributed by atoms with E-state index in [9.17, 15) is 13.6 Å². The molecule has 4 nitrogen and oxygen atoms in total. The third-order valence-electron chi connectivity index (χ3n) is 2.60. The molecule has 0 bridgehead atoms. The summed E-state index contributed by atoms with van der Waals surface area (Å²) in [6.45, 7) is 2.04. The molecular weight excluding hydrogens is 286 g/mol. The van der Waals surface area contributed by atoms with Gasteiger partial charge in [-0.2, -0.15) is 0 Å². The molecule has 1 aromatic heterocycles. The maximum Gasteiger partial charge on any atom is 0.357 e. The normalized spacial score (nSPS) is 10.4. The average molecular weight is 298 g/mol. The van der Waals surface area contributed by atoms with Gasteiger partial charge in [-0.05, 0) is 24.6 Å². The number of rotatable bonds is 4. The van der Waals surface area contributed by atoms with Crippen molar-refractivity contribution in [2.45, 2.75) is 13.5 Å². The van der Waals surface area contributed by atoms with E-state index in [0.717, 1.165) is 17.0 Å². The van der Waals surface area contributed by atoms with E-state index in [4.69, 9.17) is 0 Å². The van der Waals surface area contributed by atoms with Crippen LogP contribution >= 0.6 is 11.3 Å². The van der Waals surface area contributed by atoms with E-state index in [2.05, 4.69) is 15.0 Å². The second-order valence-corrected chi connectivity index (χ2v) is 5.22. The molecule has 20 heavy (non-hydrogen) atoms. The van der Waals surface area contributed by atoms with Gasteiger partial charge in [-0.3, -0.25) is 0 Å². The second kappa shape index (κ2) is 5.96. The molecule has 1 N–H and O–H groups in total. The van der Waals surface area contributed by atoms with Crippen LogP contribution in [-0.2, 0) is 11.3 Å². The van der Waals surface area contributed by atoms with Crippen molar-refractivity contribution >= 4 is 22.4 Å². The zero-order valence-corrected chi connectivity index (χ0v) is 11.7. The van der Waals surface area contributed by atoms with Gasteiger partial charge in [0.2, 0.25) is 0 Å². The molecule has 0 aliphatic carbocycles. The fraction of sp³-hybridized carbons (Fsp3) is 0.231. The standard InChI is InChI=1S/C13H12F2N2O2S/c1-7-11(12(18)19-2)17-13(20-7)16-6-8-3-4-9(14)10(15)5-8/h3-5H,6H2,1-2H3,(H,16,17). The third-order valence-corrected chi connectivity index (χ3v) is 3.53. The van der Waals surface area contributed by atoms with Crippen molar-refractivity contribution in [3.8, 4) is 0 Å². The zero-order chi connectivity index (χ0) is 14.7. The monoisotopic (exact) mass is 298 g/mol. The summed E-state index contributed by atoms with van der Waals surface area (Å²) < 4.78 is 30.4. The van der Waals surface area contributed by atoms with Crippen LogP contribution in [0.15, 0.2) is 18.2 Å². The van der Waals surface area contributed by atoms with Gasteiger partial charge in [0.1, 0.15) is 0 Å². The first-order valence-corrected chi connectivity index (χ1v) is 6.56. The number of esters is 1. The Morgan fingerprint density at radius 1 is 1.40 bits per heavy atom. The van der Waals surface area contributed by atoms with Crippen LogP contribution in [0.2, 0.25) is 0 Å². The van der Waals surface area contributed by atoms with Gasteiger partial charge in [0, 0.05) is 11.4 Å². The Hall–Kier alpha value is -2.02. The molecule has 106 valence electrons. The molecule has 2 rings (SSSR count). The number of methoxy groups -OCH3 is 1. The number of nitrogens with zero attached hydrogens (tertiary/aromatic N) is 1. The number of aromatic nitrogens is 1. The summed E-state index contributed by atoms with van der Waals surface area (Å²) in [6, 6.07) is 3.66. The Morgan fingerprint density at radius 2 is 2.15 bits per heavy atom. The maximum atomic E-state index is 13.0. The van der Waals surface area contributed by atoms with Crippen molar-refractivity contribution < 1.29 is 18.3 Å². The number of halogens is 2. The fourth-order valence-electron chi connectivity index (χ4n) is 1.59. The van der Waals surface area contributed by atoms with E-state index in [0.29, 0.717) is 10.7 Å². The van der Waals surface area contributed by atoms with E-state index >= 15 is 0 Å². The smallest absolute Gasteiger partial charge is 0.357 e. The van der Waals surface area contributed by atoms with Gasteiger partial charge < -0.3 is 10.1 Å². The molecular formula is C13H12F2N2O2S. The number of nitrogens with one attached hydrogen (secondary N) is 1. The lowest BCUT2D eigenvalue weighted by Crippen LogP contribution is -2.04. The van der Waals surface area contributed by atoms with Gasteiger partial charge in [-0.25, -0.2) is 18.6 Å². The van der Waals surface area contributed by atoms with E-state index in [-0.39, 0.29) is 12.2 Å². The Labute approximate surface area is 118 Å². The number of ether oxygens (including phenoxy) is 1. The van der Waals surface area contributed by atoms with Crippen LogP contribution in [-0.4, -0.2) is 18.1 Å². The average Bonchev–Trinajstić information content (AvgIpc) is 2.80. The highest BCUT2D eigenvalue weighted by molar-refractivity contribution is 7.15. The van der Waals surface area contributed by atoms with E-state index < -0.39 is 17.6 Å². The van der Waals surface area contributed by atoms with Crippen LogP contribution in [0.4, 0.5) is 13.9 Å². The summed E-state index contributed by atoms with van der Waals surface area (Å²) in [5.74, 6) is -2.28. The highest BCUT2D eigenvalue weighted by atomic mass is 32.1. The lowest BCUT2D eigenvalue weighted by Gasteiger charge is -2.03. The van der Waals surface area contributed by atoms with Crippen molar-refractivity contribution in [2.24, 2.45) is 0 Å². The predicted molar refractivity (Wildman–Crippen MR) is 71.9 cm³/mol. The van der Waals surface area contributed by atoms with Crippen LogP contribution in [0.3, 0.4) is 0 Å². The second-order valence-electron chi connectivity index (χ2n) is 4.02. The van der Waals surface area contributed by atoms with Crippen LogP contribution in [0, 0.1) is 18.6 Å². The van der Waals surface area contributed by atoms with Crippen LogP contribution in [0.5, 0.6) is 0 Å². The number of hydrogen-bond donors (Lipinski definition) is 1. The van der Waals surface area contributed by atoms with Gasteiger partial charge >= 0.3 is 5.97 Å². The van der Waals surface area contributed by atoms with Crippen LogP contribution < -0.4 is 5.32 Å². The lowest BCUT2D eigenvalue weighted by molar-refractivity contribution is 0.0594. The van der Waals surface area contributed by atoms with Gasteiger partial charge in [0.05, 0.1) is 7.11 Å². The first kappa shape index (κ1) is 14.4. The van der Waals surface area contributed by atoms with E-state index in [1.807, 2.05) is 0 Å². The van der Waals surface area contributed by atoms with Crippen LogP contribution in [0.25, 0.3) is 0 Å². The molecule has 0 amide bonds. The van der Waals surface area contributed by atoms with E-state index in [1.54, 1.807) is 6.92 Å². The van der Waals surface area contributed by atoms with Crippen molar-refractivity contribution in [1.82, 2.24) is 4.98 Å². The molecule has 0 unspecified atom stereocenters. The number of benzene rings is 1. The Balaban J connectivity index is 2.07. The van der Waals surface area contributed by atoms with Crippen molar-refractivity contribution in [1.29, 1.82) is 0 Å². The van der Waals surface area contributed by atoms with Crippen LogP contribution in [0.1, 0.15) is 20.9 Å². The molecule has 0 spiro atoms. The van der Waals surface area contributed by atoms with Crippen molar-refractivity contribution in [3.63, 3.8) is 0 Å². The molecule has 1 aromatic carbocycles. The van der Waals surface area contributed by atoms with Crippen molar-refractivity contribution in [3.05, 3.63) is 46.0 Å². The SMILES string of the molecule is COC(=O)c1nc(NCc2ccc(F)c(F)c2)sc1C. The first-order valence-electron chi connectivity index (χ1n) is 5.75. The molecule has 7 heteroatoms. The molecule has 0 aliphatic rings. The van der Waals surface area contributed by atoms with E-state index in [1.165, 1.54) is 24.5 Å².